The molecule has 0 bridgehead atoms. The smallest absolute Gasteiger partial charge is 0.257 e. The number of amides is 1. The molecule has 0 fully saturated rings. The fourth-order valence-electron chi connectivity index (χ4n) is 3.17. The van der Waals surface area contributed by atoms with Crippen LogP contribution in [0.3, 0.4) is 0 Å². The number of carbonyl (C=O) groups is 1. The Morgan fingerprint density at radius 2 is 1.90 bits per heavy atom. The number of H-pyrrole nitrogens is 1. The van der Waals surface area contributed by atoms with Crippen molar-refractivity contribution in [1.29, 1.82) is 0 Å². The van der Waals surface area contributed by atoms with Crippen molar-refractivity contribution < 1.29 is 9.53 Å². The first-order chi connectivity index (χ1) is 14.2. The van der Waals surface area contributed by atoms with Crippen LogP contribution in [0.25, 0.3) is 10.8 Å². The average molecular weight is 386 g/mol. The molecule has 4 rings (SSSR count). The van der Waals surface area contributed by atoms with Gasteiger partial charge in [0, 0.05) is 30.2 Å². The van der Waals surface area contributed by atoms with E-state index in [1.54, 1.807) is 25.6 Å². The SMILES string of the molecule is COc1ccc(C(NC(=O)c2c[nH]c(=O)c3cnccc23)c2ccccn2)cc1. The third-order valence-corrected chi connectivity index (χ3v) is 4.66. The number of ether oxygens (including phenoxy) is 1. The van der Waals surface area contributed by atoms with E-state index in [0.29, 0.717) is 22.0 Å². The number of aromatic nitrogens is 3. The van der Waals surface area contributed by atoms with Crippen molar-refractivity contribution in [2.75, 3.05) is 7.11 Å². The second-order valence-electron chi connectivity index (χ2n) is 6.39. The van der Waals surface area contributed by atoms with Gasteiger partial charge < -0.3 is 15.0 Å². The summed E-state index contributed by atoms with van der Waals surface area (Å²) < 4.78 is 5.22. The summed E-state index contributed by atoms with van der Waals surface area (Å²) in [5.74, 6) is 0.392. The number of pyridine rings is 3. The predicted octanol–water partition coefficient (Wildman–Crippen LogP) is 2.85. The molecule has 1 aromatic carbocycles. The third-order valence-electron chi connectivity index (χ3n) is 4.66. The molecule has 0 aliphatic heterocycles. The number of nitrogens with zero attached hydrogens (tertiary/aromatic N) is 2. The molecule has 0 spiro atoms. The molecule has 0 aliphatic carbocycles. The lowest BCUT2D eigenvalue weighted by atomic mass is 10.0. The monoisotopic (exact) mass is 386 g/mol. The number of fused-ring (bicyclic) bond motifs is 1. The van der Waals surface area contributed by atoms with Crippen LogP contribution in [0.1, 0.15) is 27.7 Å². The molecule has 3 heterocycles. The van der Waals surface area contributed by atoms with E-state index in [-0.39, 0.29) is 11.5 Å². The molecule has 0 saturated heterocycles. The highest BCUT2D eigenvalue weighted by molar-refractivity contribution is 6.06. The van der Waals surface area contributed by atoms with Gasteiger partial charge in [-0.1, -0.05) is 18.2 Å². The Hall–Kier alpha value is -4.00. The van der Waals surface area contributed by atoms with E-state index in [0.717, 1.165) is 11.3 Å². The first kappa shape index (κ1) is 18.4. The molecule has 3 aromatic heterocycles. The largest absolute Gasteiger partial charge is 0.497 e. The highest BCUT2D eigenvalue weighted by atomic mass is 16.5. The van der Waals surface area contributed by atoms with Gasteiger partial charge in [0.25, 0.3) is 11.5 Å². The molecule has 1 unspecified atom stereocenters. The van der Waals surface area contributed by atoms with Gasteiger partial charge in [0.15, 0.2) is 0 Å². The molecule has 1 atom stereocenters. The molecule has 144 valence electrons. The summed E-state index contributed by atoms with van der Waals surface area (Å²) >= 11 is 0. The van der Waals surface area contributed by atoms with Crippen molar-refractivity contribution >= 4 is 16.7 Å². The highest BCUT2D eigenvalue weighted by Gasteiger charge is 2.21. The van der Waals surface area contributed by atoms with Crippen molar-refractivity contribution in [2.45, 2.75) is 6.04 Å². The first-order valence-corrected chi connectivity index (χ1v) is 8.98. The van der Waals surface area contributed by atoms with Gasteiger partial charge in [-0.3, -0.25) is 19.6 Å². The van der Waals surface area contributed by atoms with E-state index >= 15 is 0 Å². The van der Waals surface area contributed by atoms with E-state index in [2.05, 4.69) is 20.3 Å². The first-order valence-electron chi connectivity index (χ1n) is 8.98. The number of hydrogen-bond acceptors (Lipinski definition) is 5. The van der Waals surface area contributed by atoms with Crippen LogP contribution in [-0.4, -0.2) is 28.0 Å². The summed E-state index contributed by atoms with van der Waals surface area (Å²) in [5, 5.41) is 3.93. The zero-order valence-corrected chi connectivity index (χ0v) is 15.6. The summed E-state index contributed by atoms with van der Waals surface area (Å²) in [5.41, 5.74) is 1.62. The molecular formula is C22H18N4O3. The molecular weight excluding hydrogens is 368 g/mol. The van der Waals surface area contributed by atoms with Crippen LogP contribution in [0, 0.1) is 0 Å². The van der Waals surface area contributed by atoms with Gasteiger partial charge in [0.05, 0.1) is 29.8 Å². The number of benzene rings is 1. The lowest BCUT2D eigenvalue weighted by Crippen LogP contribution is -2.30. The topological polar surface area (TPSA) is 97.0 Å². The molecule has 1 amide bonds. The van der Waals surface area contributed by atoms with Crippen LogP contribution in [0.2, 0.25) is 0 Å². The van der Waals surface area contributed by atoms with E-state index in [9.17, 15) is 9.59 Å². The van der Waals surface area contributed by atoms with Gasteiger partial charge >= 0.3 is 0 Å². The van der Waals surface area contributed by atoms with Crippen molar-refractivity contribution in [3.63, 3.8) is 0 Å². The molecule has 0 radical (unpaired) electrons. The minimum Gasteiger partial charge on any atom is -0.497 e. The van der Waals surface area contributed by atoms with Gasteiger partial charge in [-0.2, -0.15) is 0 Å². The lowest BCUT2D eigenvalue weighted by Gasteiger charge is -2.19. The van der Waals surface area contributed by atoms with E-state index in [1.165, 1.54) is 12.4 Å². The van der Waals surface area contributed by atoms with Gasteiger partial charge in [-0.25, -0.2) is 0 Å². The summed E-state index contributed by atoms with van der Waals surface area (Å²) in [6, 6.07) is 14.1. The molecule has 4 aromatic rings. The van der Waals surface area contributed by atoms with E-state index in [1.807, 2.05) is 42.5 Å². The molecule has 0 aliphatic rings. The summed E-state index contributed by atoms with van der Waals surface area (Å²) in [6.07, 6.45) is 6.10. The quantitative estimate of drug-likeness (QED) is 0.550. The average Bonchev–Trinajstić information content (AvgIpc) is 2.78. The Balaban J connectivity index is 1.74. The fourth-order valence-corrected chi connectivity index (χ4v) is 3.17. The lowest BCUT2D eigenvalue weighted by molar-refractivity contribution is 0.0943. The maximum absolute atomic E-state index is 13.1. The highest BCUT2D eigenvalue weighted by Crippen LogP contribution is 2.24. The number of carbonyl (C=O) groups excluding carboxylic acids is 1. The van der Waals surface area contributed by atoms with Crippen LogP contribution >= 0.6 is 0 Å². The summed E-state index contributed by atoms with van der Waals surface area (Å²) in [7, 11) is 1.60. The second kappa shape index (κ2) is 7.93. The van der Waals surface area contributed by atoms with Gasteiger partial charge in [-0.05, 0) is 35.9 Å². The standard InChI is InChI=1S/C22H18N4O3/c1-29-15-7-5-14(6-8-15)20(19-4-2-3-10-24-19)26-22(28)18-13-25-21(27)17-12-23-11-9-16(17)18/h2-13,20H,1H3,(H,25,27)(H,26,28). The number of methoxy groups -OCH3 is 1. The molecule has 7 heteroatoms. The third kappa shape index (κ3) is 3.70. The number of hydrogen-bond donors (Lipinski definition) is 2. The Labute approximate surface area is 166 Å². The molecule has 0 saturated carbocycles. The maximum Gasteiger partial charge on any atom is 0.257 e. The number of aromatic amines is 1. The molecule has 7 nitrogen and oxygen atoms in total. The van der Waals surface area contributed by atoms with Crippen molar-refractivity contribution in [3.05, 3.63) is 100 Å². The Bertz CT molecular complexity index is 1200. The van der Waals surface area contributed by atoms with Crippen molar-refractivity contribution in [3.8, 4) is 5.75 Å². The fraction of sp³-hybridized carbons (Fsp3) is 0.0909. The van der Waals surface area contributed by atoms with Crippen molar-refractivity contribution in [2.24, 2.45) is 0 Å². The Morgan fingerprint density at radius 1 is 1.07 bits per heavy atom. The van der Waals surface area contributed by atoms with E-state index in [4.69, 9.17) is 4.74 Å². The van der Waals surface area contributed by atoms with Crippen LogP contribution in [-0.2, 0) is 0 Å². The van der Waals surface area contributed by atoms with E-state index < -0.39 is 6.04 Å². The zero-order valence-electron chi connectivity index (χ0n) is 15.6. The molecule has 29 heavy (non-hydrogen) atoms. The predicted molar refractivity (Wildman–Crippen MR) is 109 cm³/mol. The number of rotatable bonds is 5. The van der Waals surface area contributed by atoms with Gasteiger partial charge in [0.2, 0.25) is 0 Å². The maximum atomic E-state index is 13.1. The Kier molecular flexibility index (Phi) is 5.03. The minimum absolute atomic E-state index is 0.291. The second-order valence-corrected chi connectivity index (χ2v) is 6.39. The number of nitrogens with one attached hydrogen (secondary N) is 2. The summed E-state index contributed by atoms with van der Waals surface area (Å²) in [6.45, 7) is 0. The van der Waals surface area contributed by atoms with Crippen LogP contribution in [0.5, 0.6) is 5.75 Å². The normalized spacial score (nSPS) is 11.8. The Morgan fingerprint density at radius 3 is 2.62 bits per heavy atom. The minimum atomic E-state index is -0.474. The zero-order chi connectivity index (χ0) is 20.2. The van der Waals surface area contributed by atoms with Crippen LogP contribution in [0.15, 0.2) is 78.1 Å². The van der Waals surface area contributed by atoms with Gasteiger partial charge in [0.1, 0.15) is 5.75 Å². The summed E-state index contributed by atoms with van der Waals surface area (Å²) in [4.78, 5) is 36.2. The van der Waals surface area contributed by atoms with Crippen molar-refractivity contribution in [1.82, 2.24) is 20.3 Å². The molecule has 2 N–H and O–H groups in total. The van der Waals surface area contributed by atoms with Crippen LogP contribution < -0.4 is 15.6 Å². The van der Waals surface area contributed by atoms with Gasteiger partial charge in [-0.15, -0.1) is 0 Å². The van der Waals surface area contributed by atoms with Crippen LogP contribution in [0.4, 0.5) is 0 Å².